The van der Waals surface area contributed by atoms with Crippen LogP contribution in [0.25, 0.3) is 0 Å². The zero-order valence-corrected chi connectivity index (χ0v) is 12.1. The maximum absolute atomic E-state index is 13.9. The Kier molecular flexibility index (Phi) is 2.79. The van der Waals surface area contributed by atoms with Gasteiger partial charge in [-0.2, -0.15) is 4.39 Å². The van der Waals surface area contributed by atoms with E-state index in [1.165, 1.54) is 18.0 Å². The molecule has 96 valence electrons. The van der Waals surface area contributed by atoms with Crippen LogP contribution in [0.3, 0.4) is 0 Å². The highest BCUT2D eigenvalue weighted by Gasteiger charge is 2.65. The third-order valence-corrected chi connectivity index (χ3v) is 5.56. The predicted molar refractivity (Wildman–Crippen MR) is 72.1 cm³/mol. The van der Waals surface area contributed by atoms with Gasteiger partial charge in [0.1, 0.15) is 6.67 Å². The van der Waals surface area contributed by atoms with Crippen LogP contribution in [0.2, 0.25) is 0 Å². The average Bonchev–Trinajstić information content (AvgIpc) is 3.09. The molecule has 1 aromatic heterocycles. The Balaban J connectivity index is 2.08. The van der Waals surface area contributed by atoms with Crippen molar-refractivity contribution in [1.29, 1.82) is 0 Å². The number of thioether (sulfide) groups is 1. The van der Waals surface area contributed by atoms with Crippen LogP contribution in [0.5, 0.6) is 0 Å². The molecule has 0 N–H and O–H groups in total. The lowest BCUT2D eigenvalue weighted by molar-refractivity contribution is 0.360. The summed E-state index contributed by atoms with van der Waals surface area (Å²) in [6.45, 7) is 1.46. The van der Waals surface area contributed by atoms with Crippen molar-refractivity contribution in [2.75, 3.05) is 6.67 Å². The average molecular weight is 333 g/mol. The second-order valence-electron chi connectivity index (χ2n) is 4.95. The summed E-state index contributed by atoms with van der Waals surface area (Å²) in [7, 11) is 0. The van der Waals surface area contributed by atoms with Gasteiger partial charge in [0.2, 0.25) is 5.95 Å². The molecular weight excluding hydrogens is 322 g/mol. The number of aliphatic imine (C=N–C) groups is 1. The van der Waals surface area contributed by atoms with E-state index in [1.807, 2.05) is 6.92 Å². The molecule has 2 heterocycles. The van der Waals surface area contributed by atoms with Gasteiger partial charge in [0.15, 0.2) is 0 Å². The lowest BCUT2D eigenvalue weighted by atomic mass is 9.87. The van der Waals surface area contributed by atoms with Crippen molar-refractivity contribution in [3.8, 4) is 0 Å². The Bertz CT molecular complexity index is 539. The highest BCUT2D eigenvalue weighted by molar-refractivity contribution is 9.10. The number of rotatable bonds is 2. The van der Waals surface area contributed by atoms with Gasteiger partial charge in [-0.1, -0.05) is 0 Å². The third kappa shape index (κ3) is 1.65. The minimum Gasteiger partial charge on any atom is -0.275 e. The van der Waals surface area contributed by atoms with Gasteiger partial charge in [0, 0.05) is 22.2 Å². The molecule has 18 heavy (non-hydrogen) atoms. The molecule has 0 aromatic carbocycles. The molecule has 2 unspecified atom stereocenters. The molecule has 2 nitrogen and oxygen atoms in total. The maximum atomic E-state index is 13.9. The fraction of sp³-hybridized carbons (Fsp3) is 0.500. The van der Waals surface area contributed by atoms with E-state index in [-0.39, 0.29) is 5.92 Å². The first kappa shape index (κ1) is 12.5. The zero-order valence-electron chi connectivity index (χ0n) is 9.66. The van der Waals surface area contributed by atoms with Gasteiger partial charge in [-0.3, -0.25) is 4.99 Å². The summed E-state index contributed by atoms with van der Waals surface area (Å²) in [5.41, 5.74) is 1.38. The molecule has 2 aliphatic rings. The van der Waals surface area contributed by atoms with Crippen molar-refractivity contribution in [3.63, 3.8) is 0 Å². The number of hydrogen-bond acceptors (Lipinski definition) is 3. The van der Waals surface area contributed by atoms with Crippen LogP contribution in [0.4, 0.5) is 8.78 Å². The molecule has 1 aromatic rings. The van der Waals surface area contributed by atoms with Gasteiger partial charge in [-0.15, -0.1) is 11.8 Å². The zero-order chi connectivity index (χ0) is 13.0. The van der Waals surface area contributed by atoms with Crippen molar-refractivity contribution >= 4 is 33.2 Å². The molecule has 0 spiro atoms. The summed E-state index contributed by atoms with van der Waals surface area (Å²) in [6, 6.07) is 1.69. The highest BCUT2D eigenvalue weighted by Crippen LogP contribution is 2.65. The summed E-state index contributed by atoms with van der Waals surface area (Å²) in [4.78, 5) is 8.13. The van der Waals surface area contributed by atoms with Gasteiger partial charge in [0.25, 0.3) is 0 Å². The molecule has 0 bridgehead atoms. The van der Waals surface area contributed by atoms with Gasteiger partial charge < -0.3 is 0 Å². The SMILES string of the molecule is C[C@]1(c2cc(Br)cnc2F)N=CSC2(CF)CC21. The van der Waals surface area contributed by atoms with E-state index in [1.54, 1.807) is 11.6 Å². The number of nitrogens with zero attached hydrogens (tertiary/aromatic N) is 2. The van der Waals surface area contributed by atoms with Crippen LogP contribution in [-0.2, 0) is 5.54 Å². The van der Waals surface area contributed by atoms with Crippen LogP contribution >= 0.6 is 27.7 Å². The van der Waals surface area contributed by atoms with Gasteiger partial charge in [-0.25, -0.2) is 9.37 Å². The lowest BCUT2D eigenvalue weighted by Crippen LogP contribution is -2.32. The molecule has 1 saturated carbocycles. The van der Waals surface area contributed by atoms with E-state index in [2.05, 4.69) is 25.9 Å². The molecule has 1 fully saturated rings. The van der Waals surface area contributed by atoms with E-state index >= 15 is 0 Å². The summed E-state index contributed by atoms with van der Waals surface area (Å²) in [5, 5.41) is 0. The minimum absolute atomic E-state index is 0.0376. The standard InChI is InChI=1S/C12H11BrF2N2S/c1-11(8-2-7(13)4-16-10(8)15)9-3-12(9,5-14)18-6-17-11/h2,4,6,9H,3,5H2,1H3/t9?,11-,12?/m1/s1. The van der Waals surface area contributed by atoms with Gasteiger partial charge >= 0.3 is 0 Å². The molecule has 0 radical (unpaired) electrons. The number of hydrogen-bond donors (Lipinski definition) is 0. The molecule has 3 atom stereocenters. The molecule has 0 amide bonds. The summed E-state index contributed by atoms with van der Waals surface area (Å²) >= 11 is 4.72. The van der Waals surface area contributed by atoms with E-state index in [0.29, 0.717) is 10.0 Å². The number of pyridine rings is 1. The van der Waals surface area contributed by atoms with Crippen molar-refractivity contribution in [1.82, 2.24) is 4.98 Å². The summed E-state index contributed by atoms with van der Waals surface area (Å²) < 4.78 is 27.4. The van der Waals surface area contributed by atoms with E-state index in [0.717, 1.165) is 6.42 Å². The number of aromatic nitrogens is 1. The van der Waals surface area contributed by atoms with Gasteiger partial charge in [0.05, 0.1) is 15.8 Å². The molecule has 6 heteroatoms. The van der Waals surface area contributed by atoms with Crippen LogP contribution in [0.15, 0.2) is 21.7 Å². The van der Waals surface area contributed by atoms with Crippen LogP contribution in [-0.4, -0.2) is 22.0 Å². The first-order chi connectivity index (χ1) is 8.52. The largest absolute Gasteiger partial charge is 0.275 e. The Morgan fingerprint density at radius 2 is 2.39 bits per heavy atom. The molecule has 0 saturated heterocycles. The van der Waals surface area contributed by atoms with Crippen molar-refractivity contribution in [2.24, 2.45) is 10.9 Å². The summed E-state index contributed by atoms with van der Waals surface area (Å²) in [5.74, 6) is -0.486. The lowest BCUT2D eigenvalue weighted by Gasteiger charge is -2.31. The number of fused-ring (bicyclic) bond motifs is 1. The minimum atomic E-state index is -0.710. The topological polar surface area (TPSA) is 25.2 Å². The monoisotopic (exact) mass is 332 g/mol. The Morgan fingerprint density at radius 1 is 1.61 bits per heavy atom. The number of alkyl halides is 1. The Labute approximate surface area is 116 Å². The molecule has 1 aliphatic heterocycles. The molecule has 3 rings (SSSR count). The van der Waals surface area contributed by atoms with Gasteiger partial charge in [-0.05, 0) is 35.3 Å². The third-order valence-electron chi connectivity index (χ3n) is 3.89. The quantitative estimate of drug-likeness (QED) is 0.771. The van der Waals surface area contributed by atoms with Crippen molar-refractivity contribution < 1.29 is 8.78 Å². The van der Waals surface area contributed by atoms with E-state index in [4.69, 9.17) is 0 Å². The Morgan fingerprint density at radius 3 is 3.11 bits per heavy atom. The Hall–Kier alpha value is -0.490. The normalized spacial score (nSPS) is 37.4. The van der Waals surface area contributed by atoms with E-state index in [9.17, 15) is 8.78 Å². The second-order valence-corrected chi connectivity index (χ2v) is 7.12. The van der Waals surface area contributed by atoms with Crippen LogP contribution < -0.4 is 0 Å². The first-order valence-electron chi connectivity index (χ1n) is 5.61. The van der Waals surface area contributed by atoms with E-state index < -0.39 is 22.9 Å². The highest BCUT2D eigenvalue weighted by atomic mass is 79.9. The van der Waals surface area contributed by atoms with Crippen LogP contribution in [0.1, 0.15) is 18.9 Å². The predicted octanol–water partition coefficient (Wildman–Crippen LogP) is 3.70. The number of halogens is 3. The fourth-order valence-corrected chi connectivity index (χ4v) is 4.21. The smallest absolute Gasteiger partial charge is 0.218 e. The van der Waals surface area contributed by atoms with Crippen LogP contribution in [0, 0.1) is 11.9 Å². The first-order valence-corrected chi connectivity index (χ1v) is 7.28. The maximum Gasteiger partial charge on any atom is 0.218 e. The second kappa shape index (κ2) is 4.00. The fourth-order valence-electron chi connectivity index (χ4n) is 2.67. The van der Waals surface area contributed by atoms with Crippen molar-refractivity contribution in [2.45, 2.75) is 23.6 Å². The van der Waals surface area contributed by atoms with Crippen molar-refractivity contribution in [3.05, 3.63) is 28.2 Å². The molecule has 1 aliphatic carbocycles. The summed E-state index contributed by atoms with van der Waals surface area (Å²) in [6.07, 6.45) is 2.15. The molecular formula is C12H11BrF2N2S.